The molecule has 18 heavy (non-hydrogen) atoms. The van der Waals surface area contributed by atoms with Crippen molar-refractivity contribution in [3.8, 4) is 0 Å². The van der Waals surface area contributed by atoms with Crippen molar-refractivity contribution in [1.82, 2.24) is 10.3 Å². The topological polar surface area (TPSA) is 24.9 Å². The molecule has 0 aliphatic carbocycles. The molecule has 0 amide bonds. The van der Waals surface area contributed by atoms with E-state index in [0.29, 0.717) is 0 Å². The highest BCUT2D eigenvalue weighted by Gasteiger charge is 2.09. The molecule has 0 aliphatic heterocycles. The van der Waals surface area contributed by atoms with E-state index >= 15 is 0 Å². The van der Waals surface area contributed by atoms with Crippen molar-refractivity contribution in [2.24, 2.45) is 0 Å². The molecule has 2 nitrogen and oxygen atoms in total. The molecule has 0 bridgehead atoms. The van der Waals surface area contributed by atoms with E-state index in [1.165, 1.54) is 5.56 Å². The standard InChI is InChI=1S/C15H17ClN2/c1-11-6-5-9-17-15(11)10-18-12(2)13-7-3-4-8-14(13)16/h3-9,12,18H,10H2,1-2H3. The van der Waals surface area contributed by atoms with E-state index in [1.807, 2.05) is 36.5 Å². The summed E-state index contributed by atoms with van der Waals surface area (Å²) in [5, 5.41) is 4.25. The summed E-state index contributed by atoms with van der Waals surface area (Å²) in [6, 6.07) is 12.2. The SMILES string of the molecule is Cc1cccnc1CNC(C)c1ccccc1Cl. The maximum absolute atomic E-state index is 6.18. The molecule has 0 aliphatic rings. The smallest absolute Gasteiger partial charge is 0.0570 e. The molecule has 1 N–H and O–H groups in total. The summed E-state index contributed by atoms with van der Waals surface area (Å²) in [6.45, 7) is 4.93. The van der Waals surface area contributed by atoms with Gasteiger partial charge in [-0.15, -0.1) is 0 Å². The molecule has 1 aromatic heterocycles. The molecule has 2 aromatic rings. The summed E-state index contributed by atoms with van der Waals surface area (Å²) in [6.07, 6.45) is 1.82. The minimum atomic E-state index is 0.208. The van der Waals surface area contributed by atoms with E-state index in [4.69, 9.17) is 11.6 Å². The van der Waals surface area contributed by atoms with Gasteiger partial charge in [0, 0.05) is 23.8 Å². The van der Waals surface area contributed by atoms with Gasteiger partial charge in [-0.05, 0) is 37.1 Å². The molecular weight excluding hydrogens is 244 g/mol. The number of benzene rings is 1. The van der Waals surface area contributed by atoms with Crippen LogP contribution >= 0.6 is 11.6 Å². The van der Waals surface area contributed by atoms with E-state index in [-0.39, 0.29) is 6.04 Å². The van der Waals surface area contributed by atoms with Crippen LogP contribution in [0.2, 0.25) is 5.02 Å². The van der Waals surface area contributed by atoms with E-state index in [0.717, 1.165) is 22.8 Å². The predicted octanol–water partition coefficient (Wildman–Crippen LogP) is 3.89. The number of pyridine rings is 1. The highest BCUT2D eigenvalue weighted by molar-refractivity contribution is 6.31. The number of hydrogen-bond donors (Lipinski definition) is 1. The second-order valence-corrected chi connectivity index (χ2v) is 4.80. The zero-order valence-corrected chi connectivity index (χ0v) is 11.4. The Morgan fingerprint density at radius 2 is 2.00 bits per heavy atom. The first-order valence-electron chi connectivity index (χ1n) is 6.07. The molecule has 94 valence electrons. The molecule has 0 saturated heterocycles. The van der Waals surface area contributed by atoms with Crippen LogP contribution in [-0.4, -0.2) is 4.98 Å². The van der Waals surface area contributed by atoms with Gasteiger partial charge in [0.15, 0.2) is 0 Å². The average molecular weight is 261 g/mol. The quantitative estimate of drug-likeness (QED) is 0.902. The number of rotatable bonds is 4. The number of hydrogen-bond acceptors (Lipinski definition) is 2. The van der Waals surface area contributed by atoms with Crippen LogP contribution in [0, 0.1) is 6.92 Å². The highest BCUT2D eigenvalue weighted by Crippen LogP contribution is 2.22. The van der Waals surface area contributed by atoms with Crippen molar-refractivity contribution < 1.29 is 0 Å². The Morgan fingerprint density at radius 3 is 2.72 bits per heavy atom. The fraction of sp³-hybridized carbons (Fsp3) is 0.267. The van der Waals surface area contributed by atoms with Gasteiger partial charge < -0.3 is 5.32 Å². The van der Waals surface area contributed by atoms with E-state index < -0.39 is 0 Å². The Balaban J connectivity index is 2.03. The number of aryl methyl sites for hydroxylation is 1. The molecule has 0 saturated carbocycles. The summed E-state index contributed by atoms with van der Waals surface area (Å²) < 4.78 is 0. The zero-order chi connectivity index (χ0) is 13.0. The first-order valence-corrected chi connectivity index (χ1v) is 6.44. The van der Waals surface area contributed by atoms with Crippen molar-refractivity contribution in [3.05, 3.63) is 64.4 Å². The molecule has 2 rings (SSSR count). The third-order valence-corrected chi connectivity index (χ3v) is 3.41. The van der Waals surface area contributed by atoms with Crippen molar-refractivity contribution in [2.45, 2.75) is 26.4 Å². The average Bonchev–Trinajstić information content (AvgIpc) is 2.38. The predicted molar refractivity (Wildman–Crippen MR) is 75.7 cm³/mol. The fourth-order valence-electron chi connectivity index (χ4n) is 1.89. The molecular formula is C15H17ClN2. The summed E-state index contributed by atoms with van der Waals surface area (Å²) in [4.78, 5) is 4.37. The lowest BCUT2D eigenvalue weighted by Crippen LogP contribution is -2.19. The molecule has 0 fully saturated rings. The van der Waals surface area contributed by atoms with Crippen LogP contribution in [0.5, 0.6) is 0 Å². The Hall–Kier alpha value is -1.38. The number of nitrogens with one attached hydrogen (secondary N) is 1. The summed E-state index contributed by atoms with van der Waals surface area (Å²) >= 11 is 6.18. The summed E-state index contributed by atoms with van der Waals surface area (Å²) in [7, 11) is 0. The molecule has 0 spiro atoms. The highest BCUT2D eigenvalue weighted by atomic mass is 35.5. The first-order chi connectivity index (χ1) is 8.68. The Morgan fingerprint density at radius 1 is 1.22 bits per heavy atom. The minimum absolute atomic E-state index is 0.208. The van der Waals surface area contributed by atoms with Crippen LogP contribution in [0.15, 0.2) is 42.6 Å². The maximum Gasteiger partial charge on any atom is 0.0570 e. The zero-order valence-electron chi connectivity index (χ0n) is 10.7. The van der Waals surface area contributed by atoms with E-state index in [1.54, 1.807) is 0 Å². The van der Waals surface area contributed by atoms with Crippen LogP contribution in [-0.2, 0) is 6.54 Å². The van der Waals surface area contributed by atoms with Crippen LogP contribution in [0.1, 0.15) is 29.8 Å². The first kappa shape index (κ1) is 13.1. The number of nitrogens with zero attached hydrogens (tertiary/aromatic N) is 1. The van der Waals surface area contributed by atoms with Gasteiger partial charge in [-0.3, -0.25) is 4.98 Å². The van der Waals surface area contributed by atoms with Crippen LogP contribution < -0.4 is 5.32 Å². The molecule has 0 radical (unpaired) electrons. The third kappa shape index (κ3) is 3.09. The number of aromatic nitrogens is 1. The van der Waals surface area contributed by atoms with Crippen LogP contribution in [0.3, 0.4) is 0 Å². The van der Waals surface area contributed by atoms with Crippen molar-refractivity contribution >= 4 is 11.6 Å². The largest absolute Gasteiger partial charge is 0.305 e. The Kier molecular flexibility index (Phi) is 4.34. The second kappa shape index (κ2) is 5.98. The monoisotopic (exact) mass is 260 g/mol. The molecule has 1 unspecified atom stereocenters. The van der Waals surface area contributed by atoms with Crippen molar-refractivity contribution in [1.29, 1.82) is 0 Å². The van der Waals surface area contributed by atoms with Crippen molar-refractivity contribution in [3.63, 3.8) is 0 Å². The summed E-state index contributed by atoms with van der Waals surface area (Å²) in [5.41, 5.74) is 3.40. The minimum Gasteiger partial charge on any atom is -0.305 e. The van der Waals surface area contributed by atoms with Crippen molar-refractivity contribution in [2.75, 3.05) is 0 Å². The third-order valence-electron chi connectivity index (χ3n) is 3.07. The van der Waals surface area contributed by atoms with Gasteiger partial charge in [-0.2, -0.15) is 0 Å². The van der Waals surface area contributed by atoms with Gasteiger partial charge in [-0.1, -0.05) is 35.9 Å². The number of halogens is 1. The summed E-state index contributed by atoms with van der Waals surface area (Å²) in [5.74, 6) is 0. The lowest BCUT2D eigenvalue weighted by molar-refractivity contribution is 0.566. The van der Waals surface area contributed by atoms with E-state index in [2.05, 4.69) is 30.2 Å². The maximum atomic E-state index is 6.18. The lowest BCUT2D eigenvalue weighted by atomic mass is 10.1. The fourth-order valence-corrected chi connectivity index (χ4v) is 2.19. The van der Waals surface area contributed by atoms with Crippen LogP contribution in [0.4, 0.5) is 0 Å². The van der Waals surface area contributed by atoms with Gasteiger partial charge in [0.2, 0.25) is 0 Å². The second-order valence-electron chi connectivity index (χ2n) is 4.39. The lowest BCUT2D eigenvalue weighted by Gasteiger charge is -2.16. The molecule has 1 atom stereocenters. The van der Waals surface area contributed by atoms with Gasteiger partial charge in [0.05, 0.1) is 5.69 Å². The van der Waals surface area contributed by atoms with E-state index in [9.17, 15) is 0 Å². The van der Waals surface area contributed by atoms with Crippen LogP contribution in [0.25, 0.3) is 0 Å². The molecule has 1 aromatic carbocycles. The Bertz CT molecular complexity index is 525. The van der Waals surface area contributed by atoms with Gasteiger partial charge in [0.1, 0.15) is 0 Å². The Labute approximate surface area is 113 Å². The molecule has 1 heterocycles. The molecule has 3 heteroatoms. The normalized spacial score (nSPS) is 12.4. The van der Waals surface area contributed by atoms with Gasteiger partial charge in [0.25, 0.3) is 0 Å². The van der Waals surface area contributed by atoms with Gasteiger partial charge in [-0.25, -0.2) is 0 Å². The van der Waals surface area contributed by atoms with Gasteiger partial charge >= 0.3 is 0 Å².